The van der Waals surface area contributed by atoms with E-state index in [-0.39, 0.29) is 23.4 Å². The van der Waals surface area contributed by atoms with Gasteiger partial charge in [-0.1, -0.05) is 60.7 Å². The number of carbonyl (C=O) groups excluding carboxylic acids is 2. The van der Waals surface area contributed by atoms with Crippen LogP contribution in [0.3, 0.4) is 0 Å². The smallest absolute Gasteiger partial charge is 0.206 e. The van der Waals surface area contributed by atoms with Crippen molar-refractivity contribution in [1.82, 2.24) is 0 Å². The molecule has 3 rings (SSSR count). The predicted octanol–water partition coefficient (Wildman–Crippen LogP) is 3.10. The lowest BCUT2D eigenvalue weighted by Crippen LogP contribution is -2.14. The minimum atomic E-state index is -0.323. The highest BCUT2D eigenvalue weighted by Gasteiger charge is 2.42. The number of rotatable bonds is 2. The summed E-state index contributed by atoms with van der Waals surface area (Å²) < 4.78 is 0. The van der Waals surface area contributed by atoms with Crippen LogP contribution in [-0.4, -0.2) is 11.6 Å². The standard InChI is InChI=1S/C17H14O2/c18-15-11-14(12-7-3-1-4-8-12)16(17(15)19)13-9-5-2-6-10-13/h1-10,14,16H,11H2. The maximum atomic E-state index is 12.1. The molecule has 2 nitrogen and oxygen atoms in total. The van der Waals surface area contributed by atoms with Crippen molar-refractivity contribution in [1.29, 1.82) is 0 Å². The average molecular weight is 250 g/mol. The molecule has 94 valence electrons. The van der Waals surface area contributed by atoms with Crippen LogP contribution in [0.1, 0.15) is 29.4 Å². The summed E-state index contributed by atoms with van der Waals surface area (Å²) in [5.74, 6) is -0.845. The van der Waals surface area contributed by atoms with Crippen LogP contribution in [0.2, 0.25) is 0 Å². The SMILES string of the molecule is O=C1CC(c2ccccc2)C(c2ccccc2)C1=O. The van der Waals surface area contributed by atoms with Gasteiger partial charge < -0.3 is 0 Å². The fourth-order valence-corrected chi connectivity index (χ4v) is 2.83. The molecule has 0 N–H and O–H groups in total. The maximum absolute atomic E-state index is 12.1. The molecule has 0 radical (unpaired) electrons. The summed E-state index contributed by atoms with van der Waals surface area (Å²) >= 11 is 0. The van der Waals surface area contributed by atoms with Crippen LogP contribution in [0.15, 0.2) is 60.7 Å². The minimum absolute atomic E-state index is 0.0244. The summed E-state index contributed by atoms with van der Waals surface area (Å²) in [6.07, 6.45) is 0.322. The summed E-state index contributed by atoms with van der Waals surface area (Å²) in [4.78, 5) is 23.9. The number of hydrogen-bond donors (Lipinski definition) is 0. The topological polar surface area (TPSA) is 34.1 Å². The summed E-state index contributed by atoms with van der Waals surface area (Å²) in [5, 5.41) is 0. The molecular weight excluding hydrogens is 236 g/mol. The van der Waals surface area contributed by atoms with Gasteiger partial charge in [-0.3, -0.25) is 9.59 Å². The lowest BCUT2D eigenvalue weighted by atomic mass is 9.84. The molecule has 2 atom stereocenters. The molecule has 0 heterocycles. The Kier molecular flexibility index (Phi) is 3.00. The zero-order chi connectivity index (χ0) is 13.2. The molecule has 0 aliphatic heterocycles. The molecule has 0 saturated heterocycles. The van der Waals surface area contributed by atoms with Crippen LogP contribution in [0.25, 0.3) is 0 Å². The van der Waals surface area contributed by atoms with E-state index in [1.54, 1.807) is 0 Å². The first-order valence-electron chi connectivity index (χ1n) is 6.44. The molecule has 1 fully saturated rings. The van der Waals surface area contributed by atoms with Crippen LogP contribution < -0.4 is 0 Å². The summed E-state index contributed by atoms with van der Waals surface area (Å²) in [6.45, 7) is 0. The monoisotopic (exact) mass is 250 g/mol. The van der Waals surface area contributed by atoms with Gasteiger partial charge in [0.1, 0.15) is 0 Å². The van der Waals surface area contributed by atoms with Crippen LogP contribution in [-0.2, 0) is 9.59 Å². The molecule has 1 aliphatic rings. The highest BCUT2D eigenvalue weighted by atomic mass is 16.2. The van der Waals surface area contributed by atoms with Gasteiger partial charge in [-0.25, -0.2) is 0 Å². The second-order valence-electron chi connectivity index (χ2n) is 4.90. The van der Waals surface area contributed by atoms with Gasteiger partial charge in [-0.2, -0.15) is 0 Å². The van der Waals surface area contributed by atoms with E-state index in [2.05, 4.69) is 0 Å². The molecule has 2 aromatic carbocycles. The third-order valence-electron chi connectivity index (χ3n) is 3.75. The molecule has 0 bridgehead atoms. The molecule has 2 heteroatoms. The Bertz CT molecular complexity index is 602. The molecule has 0 amide bonds. The normalized spacial score (nSPS) is 22.7. The maximum Gasteiger partial charge on any atom is 0.206 e. The Morgan fingerprint density at radius 1 is 0.737 bits per heavy atom. The first-order valence-corrected chi connectivity index (χ1v) is 6.44. The van der Waals surface area contributed by atoms with Crippen LogP contribution in [0, 0.1) is 0 Å². The van der Waals surface area contributed by atoms with Crippen molar-refractivity contribution in [2.45, 2.75) is 18.3 Å². The Hall–Kier alpha value is -2.22. The zero-order valence-electron chi connectivity index (χ0n) is 10.5. The summed E-state index contributed by atoms with van der Waals surface area (Å²) in [5.41, 5.74) is 2.00. The van der Waals surface area contributed by atoms with E-state index >= 15 is 0 Å². The third kappa shape index (κ3) is 2.10. The minimum Gasteiger partial charge on any atom is -0.291 e. The Labute approximate surface area is 112 Å². The molecular formula is C17H14O2. The highest BCUT2D eigenvalue weighted by Crippen LogP contribution is 2.41. The van der Waals surface area contributed by atoms with E-state index < -0.39 is 0 Å². The lowest BCUT2D eigenvalue weighted by molar-refractivity contribution is -0.134. The molecule has 19 heavy (non-hydrogen) atoms. The van der Waals surface area contributed by atoms with Gasteiger partial charge in [0.05, 0.1) is 5.92 Å². The molecule has 1 saturated carbocycles. The Morgan fingerprint density at radius 2 is 1.26 bits per heavy atom. The second kappa shape index (κ2) is 4.81. The fraction of sp³-hybridized carbons (Fsp3) is 0.176. The quantitative estimate of drug-likeness (QED) is 0.767. The highest BCUT2D eigenvalue weighted by molar-refractivity contribution is 6.41. The molecule has 2 aromatic rings. The van der Waals surface area contributed by atoms with Gasteiger partial charge >= 0.3 is 0 Å². The van der Waals surface area contributed by atoms with Gasteiger partial charge in [0, 0.05) is 12.3 Å². The Balaban J connectivity index is 2.04. The molecule has 0 spiro atoms. The van der Waals surface area contributed by atoms with Gasteiger partial charge in [0.15, 0.2) is 5.78 Å². The third-order valence-corrected chi connectivity index (χ3v) is 3.75. The number of hydrogen-bond acceptors (Lipinski definition) is 2. The van der Waals surface area contributed by atoms with E-state index in [9.17, 15) is 9.59 Å². The number of carbonyl (C=O) groups is 2. The van der Waals surface area contributed by atoms with Crippen molar-refractivity contribution in [2.75, 3.05) is 0 Å². The first kappa shape index (κ1) is 11.8. The van der Waals surface area contributed by atoms with Crippen molar-refractivity contribution in [2.24, 2.45) is 0 Å². The van der Waals surface area contributed by atoms with Crippen LogP contribution >= 0.6 is 0 Å². The van der Waals surface area contributed by atoms with Crippen molar-refractivity contribution in [3.8, 4) is 0 Å². The van der Waals surface area contributed by atoms with Crippen LogP contribution in [0.4, 0.5) is 0 Å². The first-order chi connectivity index (χ1) is 9.27. The van der Waals surface area contributed by atoms with E-state index in [1.807, 2.05) is 60.7 Å². The van der Waals surface area contributed by atoms with Crippen LogP contribution in [0.5, 0.6) is 0 Å². The zero-order valence-corrected chi connectivity index (χ0v) is 10.5. The largest absolute Gasteiger partial charge is 0.291 e. The molecule has 0 aromatic heterocycles. The van der Waals surface area contributed by atoms with E-state index in [0.717, 1.165) is 11.1 Å². The summed E-state index contributed by atoms with van der Waals surface area (Å²) in [7, 11) is 0. The molecule has 1 aliphatic carbocycles. The fourth-order valence-electron chi connectivity index (χ4n) is 2.83. The van der Waals surface area contributed by atoms with Crippen molar-refractivity contribution in [3.05, 3.63) is 71.8 Å². The number of Topliss-reactive ketones (excluding diaryl/α,β-unsaturated/α-hetero) is 2. The number of benzene rings is 2. The lowest BCUT2D eigenvalue weighted by Gasteiger charge is -2.18. The molecule has 2 unspecified atom stereocenters. The van der Waals surface area contributed by atoms with Gasteiger partial charge in [0.25, 0.3) is 0 Å². The van der Waals surface area contributed by atoms with Gasteiger partial charge in [-0.15, -0.1) is 0 Å². The van der Waals surface area contributed by atoms with Crippen molar-refractivity contribution >= 4 is 11.6 Å². The predicted molar refractivity (Wildman–Crippen MR) is 73.0 cm³/mol. The van der Waals surface area contributed by atoms with Crippen molar-refractivity contribution < 1.29 is 9.59 Å². The average Bonchev–Trinajstić information content (AvgIpc) is 2.77. The van der Waals surface area contributed by atoms with E-state index in [4.69, 9.17) is 0 Å². The summed E-state index contributed by atoms with van der Waals surface area (Å²) in [6, 6.07) is 19.4. The second-order valence-corrected chi connectivity index (χ2v) is 4.90. The van der Waals surface area contributed by atoms with Gasteiger partial charge in [-0.05, 0) is 11.1 Å². The Morgan fingerprint density at radius 3 is 1.84 bits per heavy atom. The van der Waals surface area contributed by atoms with Gasteiger partial charge in [0.2, 0.25) is 5.78 Å². The van der Waals surface area contributed by atoms with E-state index in [0.29, 0.717) is 6.42 Å². The van der Waals surface area contributed by atoms with Crippen molar-refractivity contribution in [3.63, 3.8) is 0 Å². The van der Waals surface area contributed by atoms with E-state index in [1.165, 1.54) is 0 Å². The number of ketones is 2.